The second-order valence-corrected chi connectivity index (χ2v) is 5.87. The van der Waals surface area contributed by atoms with Gasteiger partial charge >= 0.3 is 0 Å². The fourth-order valence-electron chi connectivity index (χ4n) is 2.50. The molecule has 2 amide bonds. The van der Waals surface area contributed by atoms with E-state index in [0.717, 1.165) is 32.2 Å². The third-order valence-electron chi connectivity index (χ3n) is 3.77. The highest BCUT2D eigenvalue weighted by molar-refractivity contribution is 6.32. The molecule has 5 nitrogen and oxygen atoms in total. The highest BCUT2D eigenvalue weighted by Crippen LogP contribution is 2.23. The fourth-order valence-corrected chi connectivity index (χ4v) is 2.68. The molecule has 120 valence electrons. The van der Waals surface area contributed by atoms with E-state index < -0.39 is 0 Å². The smallest absolute Gasteiger partial charge is 0.251 e. The lowest BCUT2D eigenvalue weighted by atomic mass is 10.2. The first-order chi connectivity index (χ1) is 10.6. The van der Waals surface area contributed by atoms with E-state index in [-0.39, 0.29) is 22.6 Å². The third-order valence-corrected chi connectivity index (χ3v) is 4.07. The Bertz CT molecular complexity index is 548. The summed E-state index contributed by atoms with van der Waals surface area (Å²) in [6, 6.07) is 4.35. The number of likely N-dealkylation sites (tertiary alicyclic amines) is 1. The van der Waals surface area contributed by atoms with Crippen LogP contribution in [0.15, 0.2) is 18.2 Å². The molecule has 2 N–H and O–H groups in total. The number of hydrogen-bond donors (Lipinski definition) is 2. The van der Waals surface area contributed by atoms with E-state index >= 15 is 0 Å². The van der Waals surface area contributed by atoms with Crippen LogP contribution in [0.1, 0.15) is 42.5 Å². The predicted octanol–water partition coefficient (Wildman–Crippen LogP) is 2.57. The molecule has 0 atom stereocenters. The van der Waals surface area contributed by atoms with Crippen LogP contribution < -0.4 is 5.32 Å². The minimum Gasteiger partial charge on any atom is -0.506 e. The van der Waals surface area contributed by atoms with Gasteiger partial charge in [-0.3, -0.25) is 9.59 Å². The molecule has 0 bridgehead atoms. The second kappa shape index (κ2) is 8.03. The first-order valence-corrected chi connectivity index (χ1v) is 8.00. The van der Waals surface area contributed by atoms with Crippen LogP contribution in [0.4, 0.5) is 0 Å². The molecule has 0 saturated carbocycles. The van der Waals surface area contributed by atoms with E-state index in [4.69, 9.17) is 11.6 Å². The zero-order chi connectivity index (χ0) is 15.9. The average Bonchev–Trinajstić information content (AvgIpc) is 2.71. The van der Waals surface area contributed by atoms with Gasteiger partial charge in [0.2, 0.25) is 5.91 Å². The van der Waals surface area contributed by atoms with Crippen LogP contribution in [0, 0.1) is 0 Å². The van der Waals surface area contributed by atoms with Crippen molar-refractivity contribution >= 4 is 23.4 Å². The van der Waals surface area contributed by atoms with Crippen molar-refractivity contribution in [3.8, 4) is 5.75 Å². The van der Waals surface area contributed by atoms with E-state index in [2.05, 4.69) is 5.32 Å². The van der Waals surface area contributed by atoms with Gasteiger partial charge in [-0.1, -0.05) is 18.0 Å². The van der Waals surface area contributed by atoms with Crippen molar-refractivity contribution in [3.05, 3.63) is 28.8 Å². The molecule has 0 radical (unpaired) electrons. The van der Waals surface area contributed by atoms with Gasteiger partial charge in [0, 0.05) is 31.6 Å². The average molecular weight is 325 g/mol. The van der Waals surface area contributed by atoms with Crippen molar-refractivity contribution in [1.82, 2.24) is 10.2 Å². The molecule has 2 rings (SSSR count). The number of hydrogen-bond acceptors (Lipinski definition) is 3. The third kappa shape index (κ3) is 4.63. The lowest BCUT2D eigenvalue weighted by Gasteiger charge is -2.20. The monoisotopic (exact) mass is 324 g/mol. The fraction of sp³-hybridized carbons (Fsp3) is 0.500. The summed E-state index contributed by atoms with van der Waals surface area (Å²) >= 11 is 5.78. The minimum atomic E-state index is -0.232. The van der Waals surface area contributed by atoms with Crippen LogP contribution in [-0.2, 0) is 4.79 Å². The molecular formula is C16H21ClN2O3. The number of amides is 2. The number of phenolic OH excluding ortho intramolecular Hbond substituents is 1. The van der Waals surface area contributed by atoms with Crippen molar-refractivity contribution in [2.45, 2.75) is 32.1 Å². The molecule has 22 heavy (non-hydrogen) atoms. The SMILES string of the molecule is O=C(NCCCN1CCCCCC1=O)c1ccc(O)c(Cl)c1. The molecular weight excluding hydrogens is 304 g/mol. The van der Waals surface area contributed by atoms with E-state index in [1.165, 1.54) is 18.2 Å². The second-order valence-electron chi connectivity index (χ2n) is 5.47. The Labute approximate surface area is 135 Å². The standard InChI is InChI=1S/C16H21ClN2O3/c17-13-11-12(6-7-14(13)20)16(22)18-8-4-10-19-9-3-1-2-5-15(19)21/h6-7,11,20H,1-5,8-10H2,(H,18,22). The van der Waals surface area contributed by atoms with Crippen LogP contribution in [0.25, 0.3) is 0 Å². The molecule has 6 heteroatoms. The largest absolute Gasteiger partial charge is 0.506 e. The lowest BCUT2D eigenvalue weighted by Crippen LogP contribution is -2.34. The Morgan fingerprint density at radius 1 is 1.32 bits per heavy atom. The molecule has 0 aliphatic carbocycles. The van der Waals surface area contributed by atoms with Gasteiger partial charge in [0.25, 0.3) is 5.91 Å². The molecule has 0 aromatic heterocycles. The summed E-state index contributed by atoms with van der Waals surface area (Å²) in [5.41, 5.74) is 0.411. The summed E-state index contributed by atoms with van der Waals surface area (Å²) in [6.07, 6.45) is 4.51. The molecule has 1 aliphatic heterocycles. The summed E-state index contributed by atoms with van der Waals surface area (Å²) in [5.74, 6) is -0.0591. The van der Waals surface area contributed by atoms with E-state index in [1.807, 2.05) is 4.90 Å². The van der Waals surface area contributed by atoms with Crippen molar-refractivity contribution in [3.63, 3.8) is 0 Å². The normalized spacial score (nSPS) is 15.5. The summed E-state index contributed by atoms with van der Waals surface area (Å²) < 4.78 is 0. The number of benzene rings is 1. The van der Waals surface area contributed by atoms with E-state index in [9.17, 15) is 14.7 Å². The quantitative estimate of drug-likeness (QED) is 0.818. The maximum atomic E-state index is 11.9. The van der Waals surface area contributed by atoms with Crippen LogP contribution in [0.2, 0.25) is 5.02 Å². The van der Waals surface area contributed by atoms with Gasteiger partial charge in [0.1, 0.15) is 5.75 Å². The Hall–Kier alpha value is -1.75. The van der Waals surface area contributed by atoms with Crippen molar-refractivity contribution in [2.24, 2.45) is 0 Å². The molecule has 1 fully saturated rings. The number of rotatable bonds is 5. The minimum absolute atomic E-state index is 0.0436. The van der Waals surface area contributed by atoms with Crippen LogP contribution in [0.5, 0.6) is 5.75 Å². The first kappa shape index (κ1) is 16.6. The van der Waals surface area contributed by atoms with Gasteiger partial charge < -0.3 is 15.3 Å². The zero-order valence-corrected chi connectivity index (χ0v) is 13.2. The van der Waals surface area contributed by atoms with Crippen LogP contribution in [-0.4, -0.2) is 41.5 Å². The molecule has 1 saturated heterocycles. The molecule has 1 heterocycles. The number of nitrogens with one attached hydrogen (secondary N) is 1. The maximum absolute atomic E-state index is 11.9. The Morgan fingerprint density at radius 3 is 2.91 bits per heavy atom. The number of halogens is 1. The maximum Gasteiger partial charge on any atom is 0.251 e. The summed E-state index contributed by atoms with van der Waals surface area (Å²) in [7, 11) is 0. The number of carbonyl (C=O) groups excluding carboxylic acids is 2. The van der Waals surface area contributed by atoms with Crippen LogP contribution >= 0.6 is 11.6 Å². The Balaban J connectivity index is 1.74. The van der Waals surface area contributed by atoms with Gasteiger partial charge in [-0.2, -0.15) is 0 Å². The predicted molar refractivity (Wildman–Crippen MR) is 85.1 cm³/mol. The number of aromatic hydroxyl groups is 1. The molecule has 1 aromatic carbocycles. The summed E-state index contributed by atoms with van der Waals surface area (Å²) in [6.45, 7) is 2.00. The van der Waals surface area contributed by atoms with Crippen molar-refractivity contribution in [1.29, 1.82) is 0 Å². The van der Waals surface area contributed by atoms with Crippen LogP contribution in [0.3, 0.4) is 0 Å². The zero-order valence-electron chi connectivity index (χ0n) is 12.5. The molecule has 0 unspecified atom stereocenters. The number of nitrogens with zero attached hydrogens (tertiary/aromatic N) is 1. The molecule has 0 spiro atoms. The first-order valence-electron chi connectivity index (χ1n) is 7.62. The lowest BCUT2D eigenvalue weighted by molar-refractivity contribution is -0.130. The number of phenols is 1. The van der Waals surface area contributed by atoms with Crippen molar-refractivity contribution in [2.75, 3.05) is 19.6 Å². The van der Waals surface area contributed by atoms with E-state index in [1.54, 1.807) is 0 Å². The highest BCUT2D eigenvalue weighted by atomic mass is 35.5. The number of carbonyl (C=O) groups is 2. The molecule has 1 aliphatic rings. The summed E-state index contributed by atoms with van der Waals surface area (Å²) in [5, 5.41) is 12.3. The van der Waals surface area contributed by atoms with Gasteiger partial charge in [0.15, 0.2) is 0 Å². The molecule has 1 aromatic rings. The van der Waals surface area contributed by atoms with Crippen molar-refractivity contribution < 1.29 is 14.7 Å². The Morgan fingerprint density at radius 2 is 2.14 bits per heavy atom. The van der Waals surface area contributed by atoms with Gasteiger partial charge in [-0.15, -0.1) is 0 Å². The topological polar surface area (TPSA) is 69.6 Å². The van der Waals surface area contributed by atoms with Gasteiger partial charge in [0.05, 0.1) is 5.02 Å². The summed E-state index contributed by atoms with van der Waals surface area (Å²) in [4.78, 5) is 25.7. The van der Waals surface area contributed by atoms with Gasteiger partial charge in [-0.05, 0) is 37.5 Å². The van der Waals surface area contributed by atoms with E-state index in [0.29, 0.717) is 25.1 Å². The highest BCUT2D eigenvalue weighted by Gasteiger charge is 2.16. The Kier molecular flexibility index (Phi) is 6.07. The van der Waals surface area contributed by atoms with Gasteiger partial charge in [-0.25, -0.2) is 0 Å².